The van der Waals surface area contributed by atoms with Crippen molar-refractivity contribution in [2.45, 2.75) is 0 Å². The summed E-state index contributed by atoms with van der Waals surface area (Å²) in [6, 6.07) is 0. The summed E-state index contributed by atoms with van der Waals surface area (Å²) in [6.07, 6.45) is 0. The van der Waals surface area contributed by atoms with Gasteiger partial charge in [0.25, 0.3) is 0 Å². The first-order chi connectivity index (χ1) is 3.93. The Morgan fingerprint density at radius 2 is 2.00 bits per heavy atom. The summed E-state index contributed by atoms with van der Waals surface area (Å²) in [4.78, 5) is 9.79. The second kappa shape index (κ2) is 2.61. The van der Waals surface area contributed by atoms with Gasteiger partial charge in [-0.1, -0.05) is 0 Å². The maximum absolute atomic E-state index is 9.79. The van der Waals surface area contributed by atoms with Crippen molar-refractivity contribution in [2.24, 2.45) is 5.29 Å². The van der Waals surface area contributed by atoms with Crippen LogP contribution in [-0.2, 0) is 0 Å². The van der Waals surface area contributed by atoms with Gasteiger partial charge in [0.05, 0.1) is 18.4 Å². The van der Waals surface area contributed by atoms with Gasteiger partial charge in [0, 0.05) is 13.1 Å². The van der Waals surface area contributed by atoms with Gasteiger partial charge in [0.2, 0.25) is 0 Å². The van der Waals surface area contributed by atoms with Crippen molar-refractivity contribution in [3.8, 4) is 0 Å². The van der Waals surface area contributed by atoms with Gasteiger partial charge >= 0.3 is 0 Å². The monoisotopic (exact) mass is 114 g/mol. The molecule has 0 N–H and O–H groups in total. The minimum absolute atomic E-state index is 0.698. The van der Waals surface area contributed by atoms with E-state index in [9.17, 15) is 4.91 Å². The number of nitroso groups, excluding NO2 is 1. The highest BCUT2D eigenvalue weighted by Crippen LogP contribution is 1.90. The van der Waals surface area contributed by atoms with Crippen LogP contribution in [0.2, 0.25) is 0 Å². The van der Waals surface area contributed by atoms with Gasteiger partial charge in [-0.05, 0) is 0 Å². The normalized spacial score (nSPS) is 20.8. The molecule has 1 rings (SSSR count). The summed E-state index contributed by atoms with van der Waals surface area (Å²) < 4.78 is 0. The van der Waals surface area contributed by atoms with E-state index in [0.29, 0.717) is 13.1 Å². The molecule has 1 saturated heterocycles. The van der Waals surface area contributed by atoms with E-state index in [1.807, 2.05) is 0 Å². The third kappa shape index (κ3) is 1.16. The van der Waals surface area contributed by atoms with Crippen molar-refractivity contribution in [1.29, 1.82) is 0 Å². The Morgan fingerprint density at radius 3 is 2.38 bits per heavy atom. The van der Waals surface area contributed by atoms with Crippen LogP contribution in [0.3, 0.4) is 0 Å². The smallest absolute Gasteiger partial charge is 0.0534 e. The molecular formula is C4H8N3O. The van der Waals surface area contributed by atoms with Crippen molar-refractivity contribution in [1.82, 2.24) is 10.3 Å². The lowest BCUT2D eigenvalue weighted by Crippen LogP contribution is -2.36. The highest BCUT2D eigenvalue weighted by Gasteiger charge is 2.06. The summed E-state index contributed by atoms with van der Waals surface area (Å²) in [5.41, 5.74) is 0. The molecule has 8 heavy (non-hydrogen) atoms. The zero-order valence-corrected chi connectivity index (χ0v) is 4.58. The first-order valence-corrected chi connectivity index (χ1v) is 2.65. The summed E-state index contributed by atoms with van der Waals surface area (Å²) in [5.74, 6) is 0. The van der Waals surface area contributed by atoms with Gasteiger partial charge in [-0.15, -0.1) is 4.91 Å². The molecule has 1 aliphatic heterocycles. The maximum Gasteiger partial charge on any atom is 0.0534 e. The van der Waals surface area contributed by atoms with E-state index in [1.165, 1.54) is 5.01 Å². The van der Waals surface area contributed by atoms with Gasteiger partial charge in [-0.2, -0.15) is 0 Å². The van der Waals surface area contributed by atoms with Crippen LogP contribution in [0, 0.1) is 4.91 Å². The molecule has 0 unspecified atom stereocenters. The van der Waals surface area contributed by atoms with Crippen LogP contribution in [-0.4, -0.2) is 31.2 Å². The molecule has 4 nitrogen and oxygen atoms in total. The van der Waals surface area contributed by atoms with Crippen LogP contribution in [0.5, 0.6) is 0 Å². The standard InChI is InChI=1S/C4H8N3O/c8-6-7-3-1-5-2-4-7/h1-4H2. The van der Waals surface area contributed by atoms with E-state index < -0.39 is 0 Å². The molecule has 0 aromatic carbocycles. The zero-order valence-electron chi connectivity index (χ0n) is 4.58. The molecule has 0 spiro atoms. The number of hydrogen-bond acceptors (Lipinski definition) is 2. The van der Waals surface area contributed by atoms with Crippen molar-refractivity contribution >= 4 is 0 Å². The van der Waals surface area contributed by atoms with E-state index in [0.717, 1.165) is 13.1 Å². The molecule has 4 heteroatoms. The molecule has 0 bridgehead atoms. The zero-order chi connectivity index (χ0) is 5.82. The summed E-state index contributed by atoms with van der Waals surface area (Å²) >= 11 is 0. The predicted molar refractivity (Wildman–Crippen MR) is 29.2 cm³/mol. The Bertz CT molecular complexity index is 79.4. The fourth-order valence-corrected chi connectivity index (χ4v) is 0.678. The van der Waals surface area contributed by atoms with Crippen LogP contribution in [0.1, 0.15) is 0 Å². The van der Waals surface area contributed by atoms with Gasteiger partial charge < -0.3 is 0 Å². The molecule has 0 amide bonds. The van der Waals surface area contributed by atoms with E-state index >= 15 is 0 Å². The van der Waals surface area contributed by atoms with Crippen LogP contribution in [0.25, 0.3) is 0 Å². The fourth-order valence-electron chi connectivity index (χ4n) is 0.678. The van der Waals surface area contributed by atoms with Crippen molar-refractivity contribution in [2.75, 3.05) is 26.2 Å². The summed E-state index contributed by atoms with van der Waals surface area (Å²) in [5, 5.41) is 8.30. The summed E-state index contributed by atoms with van der Waals surface area (Å²) in [7, 11) is 0. The molecule has 0 aliphatic carbocycles. The van der Waals surface area contributed by atoms with Gasteiger partial charge in [-0.3, -0.25) is 5.01 Å². The van der Waals surface area contributed by atoms with Crippen LogP contribution < -0.4 is 5.32 Å². The molecular weight excluding hydrogens is 106 g/mol. The molecule has 0 atom stereocenters. The summed E-state index contributed by atoms with van der Waals surface area (Å²) in [6.45, 7) is 2.91. The number of piperazine rings is 1. The second-order valence-corrected chi connectivity index (χ2v) is 1.71. The Hall–Kier alpha value is -0.640. The van der Waals surface area contributed by atoms with Crippen molar-refractivity contribution in [3.63, 3.8) is 0 Å². The Morgan fingerprint density at radius 1 is 1.38 bits per heavy atom. The van der Waals surface area contributed by atoms with E-state index in [2.05, 4.69) is 10.6 Å². The minimum atomic E-state index is 0.698. The van der Waals surface area contributed by atoms with Crippen LogP contribution in [0.4, 0.5) is 0 Å². The predicted octanol–water partition coefficient (Wildman–Crippen LogP) is -0.412. The van der Waals surface area contributed by atoms with Gasteiger partial charge in [0.1, 0.15) is 0 Å². The van der Waals surface area contributed by atoms with Crippen molar-refractivity contribution < 1.29 is 0 Å². The van der Waals surface area contributed by atoms with Crippen molar-refractivity contribution in [3.05, 3.63) is 4.91 Å². The Balaban J connectivity index is 2.22. The highest BCUT2D eigenvalue weighted by molar-refractivity contribution is 4.61. The lowest BCUT2D eigenvalue weighted by molar-refractivity contribution is 0.246. The minimum Gasteiger partial charge on any atom is -0.258 e. The molecule has 0 aromatic rings. The van der Waals surface area contributed by atoms with E-state index in [4.69, 9.17) is 0 Å². The lowest BCUT2D eigenvalue weighted by atomic mass is 10.4. The lowest BCUT2D eigenvalue weighted by Gasteiger charge is -2.19. The van der Waals surface area contributed by atoms with Gasteiger partial charge in [-0.25, -0.2) is 5.32 Å². The van der Waals surface area contributed by atoms with E-state index in [1.54, 1.807) is 0 Å². The quantitative estimate of drug-likeness (QED) is 0.435. The first kappa shape index (κ1) is 5.50. The Kier molecular flexibility index (Phi) is 1.80. The number of hydrogen-bond donors (Lipinski definition) is 0. The maximum atomic E-state index is 9.79. The average molecular weight is 114 g/mol. The SMILES string of the molecule is O=NN1CC[N]CC1. The highest BCUT2D eigenvalue weighted by atomic mass is 16.3. The second-order valence-electron chi connectivity index (χ2n) is 1.71. The molecule has 0 aromatic heterocycles. The molecule has 1 fully saturated rings. The number of rotatable bonds is 1. The molecule has 1 radical (unpaired) electrons. The first-order valence-electron chi connectivity index (χ1n) is 2.65. The third-order valence-electron chi connectivity index (χ3n) is 1.15. The van der Waals surface area contributed by atoms with Crippen LogP contribution >= 0.6 is 0 Å². The van der Waals surface area contributed by atoms with Crippen LogP contribution in [0.15, 0.2) is 5.29 Å². The largest absolute Gasteiger partial charge is 0.258 e. The number of nitrogens with zero attached hydrogens (tertiary/aromatic N) is 3. The van der Waals surface area contributed by atoms with E-state index in [-0.39, 0.29) is 0 Å². The average Bonchev–Trinajstić information content (AvgIpc) is 1.90. The Labute approximate surface area is 47.8 Å². The topological polar surface area (TPSA) is 46.8 Å². The van der Waals surface area contributed by atoms with Gasteiger partial charge in [0.15, 0.2) is 0 Å². The fraction of sp³-hybridized carbons (Fsp3) is 1.00. The molecule has 0 saturated carbocycles. The molecule has 45 valence electrons. The molecule has 1 aliphatic rings. The third-order valence-corrected chi connectivity index (χ3v) is 1.15. The molecule has 1 heterocycles.